The number of ether oxygens (including phenoxy) is 1. The molecule has 1 aliphatic carbocycles. The molecule has 0 atom stereocenters. The zero-order valence-electron chi connectivity index (χ0n) is 19.5. The lowest BCUT2D eigenvalue weighted by atomic mass is 10.0. The Morgan fingerprint density at radius 1 is 1.16 bits per heavy atom. The first-order valence-corrected chi connectivity index (χ1v) is 11.9. The number of anilines is 2. The Labute approximate surface area is 192 Å². The van der Waals surface area contributed by atoms with Crippen molar-refractivity contribution >= 4 is 17.8 Å². The van der Waals surface area contributed by atoms with Crippen molar-refractivity contribution in [3.63, 3.8) is 0 Å². The molecule has 0 spiro atoms. The zero-order valence-corrected chi connectivity index (χ0v) is 19.5. The lowest BCUT2D eigenvalue weighted by Crippen LogP contribution is -2.37. The molecule has 3 heterocycles. The Kier molecular flexibility index (Phi) is 7.67. The maximum atomic E-state index is 5.67. The van der Waals surface area contributed by atoms with Crippen LogP contribution in [0.15, 0.2) is 17.4 Å². The molecule has 0 amide bonds. The van der Waals surface area contributed by atoms with Gasteiger partial charge >= 0.3 is 0 Å². The SMILES string of the molecule is COC1=CCc2c(nc(N3CCCCC3)nc2NC2CCN(C)CC2)C=C1C#CCCN. The van der Waals surface area contributed by atoms with Crippen molar-refractivity contribution in [2.24, 2.45) is 5.73 Å². The predicted molar refractivity (Wildman–Crippen MR) is 130 cm³/mol. The van der Waals surface area contributed by atoms with Crippen molar-refractivity contribution in [1.82, 2.24) is 14.9 Å². The van der Waals surface area contributed by atoms with E-state index in [-0.39, 0.29) is 0 Å². The van der Waals surface area contributed by atoms with Gasteiger partial charge in [-0.15, -0.1) is 0 Å². The third-order valence-electron chi connectivity index (χ3n) is 6.48. The lowest BCUT2D eigenvalue weighted by molar-refractivity contribution is 0.263. The molecule has 1 aromatic heterocycles. The summed E-state index contributed by atoms with van der Waals surface area (Å²) in [7, 11) is 3.89. The second-order valence-corrected chi connectivity index (χ2v) is 8.88. The van der Waals surface area contributed by atoms with Gasteiger partial charge in [-0.25, -0.2) is 4.98 Å². The Hall–Kier alpha value is -2.56. The molecule has 172 valence electrons. The summed E-state index contributed by atoms with van der Waals surface area (Å²) in [6, 6.07) is 0.432. The minimum atomic E-state index is 0.432. The predicted octanol–water partition coefficient (Wildman–Crippen LogP) is 2.80. The van der Waals surface area contributed by atoms with Crippen LogP contribution in [-0.4, -0.2) is 67.8 Å². The van der Waals surface area contributed by atoms with Crippen LogP contribution in [0.5, 0.6) is 0 Å². The van der Waals surface area contributed by atoms with Gasteiger partial charge in [-0.1, -0.05) is 11.8 Å². The molecule has 1 aromatic rings. The fraction of sp³-hybridized carbons (Fsp3) is 0.600. The Bertz CT molecular complexity index is 914. The maximum absolute atomic E-state index is 5.67. The van der Waals surface area contributed by atoms with E-state index in [0.29, 0.717) is 25.4 Å². The molecular weight excluding hydrogens is 400 g/mol. The Balaban J connectivity index is 1.72. The molecule has 32 heavy (non-hydrogen) atoms. The van der Waals surface area contributed by atoms with Crippen LogP contribution in [-0.2, 0) is 11.2 Å². The summed E-state index contributed by atoms with van der Waals surface area (Å²) in [6.45, 7) is 4.80. The first-order valence-electron chi connectivity index (χ1n) is 11.9. The molecule has 3 N–H and O–H groups in total. The molecule has 2 aliphatic heterocycles. The summed E-state index contributed by atoms with van der Waals surface area (Å²) >= 11 is 0. The first kappa shape index (κ1) is 22.6. The molecule has 0 unspecified atom stereocenters. The Morgan fingerprint density at radius 2 is 1.94 bits per heavy atom. The van der Waals surface area contributed by atoms with Crippen molar-refractivity contribution in [2.45, 2.75) is 51.0 Å². The second-order valence-electron chi connectivity index (χ2n) is 8.88. The summed E-state index contributed by atoms with van der Waals surface area (Å²) in [6.07, 6.45) is 11.5. The van der Waals surface area contributed by atoms with Gasteiger partial charge in [-0.05, 0) is 64.4 Å². The lowest BCUT2D eigenvalue weighted by Gasteiger charge is -2.31. The van der Waals surface area contributed by atoms with E-state index in [9.17, 15) is 0 Å². The fourth-order valence-corrected chi connectivity index (χ4v) is 4.54. The smallest absolute Gasteiger partial charge is 0.227 e. The molecule has 0 bridgehead atoms. The van der Waals surface area contributed by atoms with Gasteiger partial charge in [0.2, 0.25) is 5.95 Å². The molecule has 3 aliphatic rings. The van der Waals surface area contributed by atoms with Gasteiger partial charge < -0.3 is 25.6 Å². The number of fused-ring (bicyclic) bond motifs is 1. The molecule has 7 nitrogen and oxygen atoms in total. The van der Waals surface area contributed by atoms with Crippen LogP contribution < -0.4 is 16.0 Å². The van der Waals surface area contributed by atoms with Gasteiger partial charge in [-0.2, -0.15) is 4.98 Å². The normalized spacial score (nSPS) is 19.8. The van der Waals surface area contributed by atoms with Gasteiger partial charge in [0.05, 0.1) is 18.4 Å². The average Bonchev–Trinajstić information content (AvgIpc) is 3.00. The van der Waals surface area contributed by atoms with Gasteiger partial charge in [0.1, 0.15) is 11.6 Å². The summed E-state index contributed by atoms with van der Waals surface area (Å²) in [5, 5.41) is 3.78. The molecular formula is C25H36N6O. The summed E-state index contributed by atoms with van der Waals surface area (Å²) < 4.78 is 5.67. The summed E-state index contributed by atoms with van der Waals surface area (Å²) in [4.78, 5) is 14.8. The largest absolute Gasteiger partial charge is 0.496 e. The van der Waals surface area contributed by atoms with Crippen molar-refractivity contribution in [2.75, 3.05) is 57.1 Å². The van der Waals surface area contributed by atoms with E-state index in [4.69, 9.17) is 20.4 Å². The van der Waals surface area contributed by atoms with E-state index < -0.39 is 0 Å². The minimum absolute atomic E-state index is 0.432. The maximum Gasteiger partial charge on any atom is 0.227 e. The Morgan fingerprint density at radius 3 is 2.66 bits per heavy atom. The third kappa shape index (κ3) is 5.43. The topological polar surface area (TPSA) is 79.5 Å². The monoisotopic (exact) mass is 436 g/mol. The number of nitrogens with two attached hydrogens (primary N) is 1. The third-order valence-corrected chi connectivity index (χ3v) is 6.48. The second kappa shape index (κ2) is 10.8. The number of nitrogens with one attached hydrogen (secondary N) is 1. The number of allylic oxidation sites excluding steroid dienone is 2. The average molecular weight is 437 g/mol. The van der Waals surface area contributed by atoms with Gasteiger partial charge in [0.25, 0.3) is 0 Å². The number of aromatic nitrogens is 2. The van der Waals surface area contributed by atoms with E-state index in [0.717, 1.165) is 73.4 Å². The van der Waals surface area contributed by atoms with Crippen LogP contribution >= 0.6 is 0 Å². The number of nitrogens with zero attached hydrogens (tertiary/aromatic N) is 4. The highest BCUT2D eigenvalue weighted by atomic mass is 16.5. The van der Waals surface area contributed by atoms with Crippen LogP contribution in [0.1, 0.15) is 49.8 Å². The molecule has 0 aromatic carbocycles. The highest BCUT2D eigenvalue weighted by Gasteiger charge is 2.24. The number of hydrogen-bond acceptors (Lipinski definition) is 7. The fourth-order valence-electron chi connectivity index (χ4n) is 4.54. The van der Waals surface area contributed by atoms with Gasteiger partial charge in [0, 0.05) is 44.1 Å². The van der Waals surface area contributed by atoms with Crippen LogP contribution in [0, 0.1) is 11.8 Å². The molecule has 2 fully saturated rings. The van der Waals surface area contributed by atoms with Crippen molar-refractivity contribution < 1.29 is 4.74 Å². The quantitative estimate of drug-likeness (QED) is 0.687. The number of methoxy groups -OCH3 is 1. The van der Waals surface area contributed by atoms with Gasteiger partial charge in [-0.3, -0.25) is 0 Å². The summed E-state index contributed by atoms with van der Waals surface area (Å²) in [5.74, 6) is 8.97. The molecule has 2 saturated heterocycles. The van der Waals surface area contributed by atoms with Crippen LogP contribution in [0.3, 0.4) is 0 Å². The van der Waals surface area contributed by atoms with Crippen molar-refractivity contribution in [3.8, 4) is 11.8 Å². The van der Waals surface area contributed by atoms with Gasteiger partial charge in [0.15, 0.2) is 0 Å². The van der Waals surface area contributed by atoms with E-state index in [1.807, 2.05) is 0 Å². The highest BCUT2D eigenvalue weighted by Crippen LogP contribution is 2.30. The first-order chi connectivity index (χ1) is 15.7. The number of likely N-dealkylation sites (tertiary alicyclic amines) is 1. The molecule has 4 rings (SSSR count). The summed E-state index contributed by atoms with van der Waals surface area (Å²) in [5.41, 5.74) is 8.55. The van der Waals surface area contributed by atoms with Crippen LogP contribution in [0.25, 0.3) is 6.08 Å². The number of piperidine rings is 2. The van der Waals surface area contributed by atoms with E-state index >= 15 is 0 Å². The van der Waals surface area contributed by atoms with E-state index in [2.05, 4.69) is 46.2 Å². The van der Waals surface area contributed by atoms with E-state index in [1.165, 1.54) is 19.3 Å². The standard InChI is InChI=1S/C25H36N6O/c1-30-16-11-20(12-17-30)27-24-21-9-10-23(32-2)19(8-4-5-13-26)18-22(21)28-25(29-24)31-14-6-3-7-15-31/h10,18,20H,3,5-7,9,11-17,26H2,1-2H3,(H,27,28,29). The molecule has 0 saturated carbocycles. The van der Waals surface area contributed by atoms with E-state index in [1.54, 1.807) is 7.11 Å². The number of hydrogen-bond donors (Lipinski definition) is 2. The van der Waals surface area contributed by atoms with Crippen molar-refractivity contribution in [3.05, 3.63) is 28.7 Å². The molecule has 0 radical (unpaired) electrons. The van der Waals surface area contributed by atoms with Crippen LogP contribution in [0.2, 0.25) is 0 Å². The minimum Gasteiger partial charge on any atom is -0.496 e. The zero-order chi connectivity index (χ0) is 22.3. The van der Waals surface area contributed by atoms with Crippen molar-refractivity contribution in [1.29, 1.82) is 0 Å². The highest BCUT2D eigenvalue weighted by molar-refractivity contribution is 5.70. The molecule has 7 heteroatoms. The van der Waals surface area contributed by atoms with Crippen LogP contribution in [0.4, 0.5) is 11.8 Å². The number of rotatable bonds is 5.